The van der Waals surface area contributed by atoms with Crippen LogP contribution in [0, 0.1) is 0 Å². The number of nitrogens with zero attached hydrogens (tertiary/aromatic N) is 3. The number of amides is 2. The summed E-state index contributed by atoms with van der Waals surface area (Å²) < 4.78 is 0. The second-order valence-corrected chi connectivity index (χ2v) is 6.86. The van der Waals surface area contributed by atoms with Gasteiger partial charge in [-0.3, -0.25) is 4.84 Å². The third-order valence-electron chi connectivity index (χ3n) is 5.17. The van der Waals surface area contributed by atoms with Crippen LogP contribution in [0.1, 0.15) is 31.2 Å². The van der Waals surface area contributed by atoms with Gasteiger partial charge >= 0.3 is 6.03 Å². The third kappa shape index (κ3) is 3.21. The van der Waals surface area contributed by atoms with Gasteiger partial charge in [-0.15, -0.1) is 0 Å². The molecular formula is C18H24N4O3. The zero-order chi connectivity index (χ0) is 17.2. The Morgan fingerprint density at radius 2 is 2.12 bits per heavy atom. The summed E-state index contributed by atoms with van der Waals surface area (Å²) in [7, 11) is 0. The van der Waals surface area contributed by atoms with Gasteiger partial charge in [-0.25, -0.2) is 4.79 Å². The summed E-state index contributed by atoms with van der Waals surface area (Å²) in [5.74, 6) is 0. The van der Waals surface area contributed by atoms with Gasteiger partial charge in [0.05, 0.1) is 17.8 Å². The molecule has 1 aromatic carbocycles. The van der Waals surface area contributed by atoms with Crippen LogP contribution in [-0.4, -0.2) is 53.0 Å². The average molecular weight is 344 g/mol. The molecule has 2 amide bonds. The molecule has 3 aliphatic heterocycles. The molecule has 0 aliphatic carbocycles. The molecule has 25 heavy (non-hydrogen) atoms. The molecule has 2 saturated heterocycles. The minimum absolute atomic E-state index is 0.0249. The van der Waals surface area contributed by atoms with E-state index in [0.717, 1.165) is 37.0 Å². The first kappa shape index (κ1) is 16.4. The van der Waals surface area contributed by atoms with Gasteiger partial charge in [0.2, 0.25) is 0 Å². The van der Waals surface area contributed by atoms with Gasteiger partial charge in [0.1, 0.15) is 12.7 Å². The Morgan fingerprint density at radius 3 is 2.92 bits per heavy atom. The van der Waals surface area contributed by atoms with E-state index in [4.69, 9.17) is 15.4 Å². The van der Waals surface area contributed by atoms with E-state index in [1.54, 1.807) is 5.06 Å². The standard InChI is InChI=1S/C18H24N4O3/c19-9-8-15-10-16(20-25-15)17-7-6-14-11-21(17)18(23)22(14)24-12-13-4-2-1-3-5-13/h1-5,14-15,17H,6-12,19H2/t14?,15?,17-/m0/s1. The van der Waals surface area contributed by atoms with Gasteiger partial charge in [0, 0.05) is 13.0 Å². The Hall–Kier alpha value is -2.12. The highest BCUT2D eigenvalue weighted by molar-refractivity contribution is 5.94. The maximum atomic E-state index is 12.8. The van der Waals surface area contributed by atoms with E-state index >= 15 is 0 Å². The number of carbonyl (C=O) groups is 1. The van der Waals surface area contributed by atoms with Gasteiger partial charge in [-0.2, -0.15) is 5.06 Å². The van der Waals surface area contributed by atoms with E-state index in [2.05, 4.69) is 5.16 Å². The quantitative estimate of drug-likeness (QED) is 0.854. The molecule has 2 unspecified atom stereocenters. The molecule has 1 aromatic rings. The second kappa shape index (κ2) is 7.01. The maximum Gasteiger partial charge on any atom is 0.344 e. The van der Waals surface area contributed by atoms with Crippen LogP contribution in [0.4, 0.5) is 4.79 Å². The largest absolute Gasteiger partial charge is 0.392 e. The number of carbonyl (C=O) groups excluding carboxylic acids is 1. The van der Waals surface area contributed by atoms with E-state index in [0.29, 0.717) is 19.7 Å². The zero-order valence-electron chi connectivity index (χ0n) is 14.2. The second-order valence-electron chi connectivity index (χ2n) is 6.86. The van der Waals surface area contributed by atoms with Crippen LogP contribution >= 0.6 is 0 Å². The van der Waals surface area contributed by atoms with Crippen LogP contribution < -0.4 is 5.73 Å². The van der Waals surface area contributed by atoms with Gasteiger partial charge in [0.15, 0.2) is 0 Å². The molecule has 0 spiro atoms. The molecule has 3 heterocycles. The van der Waals surface area contributed by atoms with E-state index < -0.39 is 0 Å². The highest BCUT2D eigenvalue weighted by Crippen LogP contribution is 2.33. The van der Waals surface area contributed by atoms with Crippen molar-refractivity contribution in [3.63, 3.8) is 0 Å². The molecule has 3 aliphatic rings. The zero-order valence-corrected chi connectivity index (χ0v) is 14.2. The number of fused-ring (bicyclic) bond motifs is 2. The van der Waals surface area contributed by atoms with Crippen LogP contribution in [0.25, 0.3) is 0 Å². The fraction of sp³-hybridized carbons (Fsp3) is 0.556. The van der Waals surface area contributed by atoms with Crippen molar-refractivity contribution in [1.29, 1.82) is 0 Å². The highest BCUT2D eigenvalue weighted by Gasteiger charge is 2.48. The average Bonchev–Trinajstić information content (AvgIpc) is 3.19. The minimum atomic E-state index is -0.0617. The number of piperidine rings is 1. The fourth-order valence-corrected chi connectivity index (χ4v) is 3.85. The van der Waals surface area contributed by atoms with Crippen molar-refractivity contribution in [3.8, 4) is 0 Å². The molecule has 2 fully saturated rings. The van der Waals surface area contributed by atoms with Crippen LogP contribution in [0.5, 0.6) is 0 Å². The lowest BCUT2D eigenvalue weighted by Gasteiger charge is -2.29. The molecule has 7 nitrogen and oxygen atoms in total. The SMILES string of the molecule is NCCC1CC([C@@H]2CCC3CN2C(=O)N3OCc2ccccc2)=NO1. The molecule has 0 saturated carbocycles. The lowest BCUT2D eigenvalue weighted by molar-refractivity contribution is -0.140. The van der Waals surface area contributed by atoms with E-state index in [1.807, 2.05) is 35.2 Å². The summed E-state index contributed by atoms with van der Waals surface area (Å²) in [6.07, 6.45) is 3.44. The summed E-state index contributed by atoms with van der Waals surface area (Å²) in [6, 6.07) is 9.99. The number of urea groups is 1. The molecule has 2 bridgehead atoms. The number of hydrogen-bond donors (Lipinski definition) is 1. The topological polar surface area (TPSA) is 80.4 Å². The minimum Gasteiger partial charge on any atom is -0.392 e. The fourth-order valence-electron chi connectivity index (χ4n) is 3.85. The van der Waals surface area contributed by atoms with E-state index in [9.17, 15) is 4.79 Å². The monoisotopic (exact) mass is 344 g/mol. The number of nitrogens with two attached hydrogens (primary N) is 1. The first-order valence-corrected chi connectivity index (χ1v) is 8.95. The van der Waals surface area contributed by atoms with Crippen molar-refractivity contribution in [2.75, 3.05) is 13.1 Å². The van der Waals surface area contributed by atoms with Crippen LogP contribution in [0.15, 0.2) is 35.5 Å². The van der Waals surface area contributed by atoms with Crippen molar-refractivity contribution >= 4 is 11.7 Å². The predicted molar refractivity (Wildman–Crippen MR) is 92.6 cm³/mol. The number of rotatable bonds is 6. The van der Waals surface area contributed by atoms with Gasteiger partial charge < -0.3 is 15.5 Å². The lowest BCUT2D eigenvalue weighted by Crippen LogP contribution is -2.45. The molecule has 0 radical (unpaired) electrons. The van der Waals surface area contributed by atoms with Crippen molar-refractivity contribution in [2.24, 2.45) is 10.9 Å². The first-order valence-electron chi connectivity index (χ1n) is 8.95. The van der Waals surface area contributed by atoms with Crippen molar-refractivity contribution in [3.05, 3.63) is 35.9 Å². The molecular weight excluding hydrogens is 320 g/mol. The Balaban J connectivity index is 1.39. The van der Waals surface area contributed by atoms with Crippen molar-refractivity contribution in [2.45, 2.75) is 50.5 Å². The van der Waals surface area contributed by atoms with E-state index in [-0.39, 0.29) is 24.2 Å². The predicted octanol–water partition coefficient (Wildman–Crippen LogP) is 1.88. The number of hydroxylamine groups is 2. The number of benzene rings is 1. The maximum absolute atomic E-state index is 12.8. The lowest BCUT2D eigenvalue weighted by atomic mass is 9.94. The summed E-state index contributed by atoms with van der Waals surface area (Å²) >= 11 is 0. The summed E-state index contributed by atoms with van der Waals surface area (Å²) in [5.41, 5.74) is 7.62. The highest BCUT2D eigenvalue weighted by atomic mass is 16.7. The summed E-state index contributed by atoms with van der Waals surface area (Å²) in [6.45, 7) is 1.69. The normalized spacial score (nSPS) is 28.3. The molecule has 7 heteroatoms. The van der Waals surface area contributed by atoms with Crippen LogP contribution in [0.2, 0.25) is 0 Å². The molecule has 4 rings (SSSR count). The molecule has 3 atom stereocenters. The molecule has 2 N–H and O–H groups in total. The Morgan fingerprint density at radius 1 is 1.28 bits per heavy atom. The van der Waals surface area contributed by atoms with Gasteiger partial charge in [-0.1, -0.05) is 35.5 Å². The summed E-state index contributed by atoms with van der Waals surface area (Å²) in [5, 5.41) is 5.79. The Labute approximate surface area is 147 Å². The van der Waals surface area contributed by atoms with Crippen LogP contribution in [-0.2, 0) is 16.3 Å². The Bertz CT molecular complexity index is 651. The van der Waals surface area contributed by atoms with Gasteiger partial charge in [0.25, 0.3) is 0 Å². The van der Waals surface area contributed by atoms with Crippen LogP contribution in [0.3, 0.4) is 0 Å². The van der Waals surface area contributed by atoms with Crippen molar-refractivity contribution in [1.82, 2.24) is 9.96 Å². The smallest absolute Gasteiger partial charge is 0.344 e. The Kier molecular flexibility index (Phi) is 4.59. The third-order valence-corrected chi connectivity index (χ3v) is 5.17. The van der Waals surface area contributed by atoms with Crippen molar-refractivity contribution < 1.29 is 14.5 Å². The molecule has 134 valence electrons. The van der Waals surface area contributed by atoms with Gasteiger partial charge in [-0.05, 0) is 31.4 Å². The van der Waals surface area contributed by atoms with E-state index in [1.165, 1.54) is 0 Å². The first-order chi connectivity index (χ1) is 12.3. The number of hydrogen-bond acceptors (Lipinski definition) is 5. The molecule has 0 aromatic heterocycles. The number of oxime groups is 1. The summed E-state index contributed by atoms with van der Waals surface area (Å²) in [4.78, 5) is 26.0.